The minimum Gasteiger partial charge on any atom is -0.377 e. The lowest BCUT2D eigenvalue weighted by molar-refractivity contribution is 0.120. The van der Waals surface area contributed by atoms with E-state index >= 15 is 0 Å². The van der Waals surface area contributed by atoms with Crippen molar-refractivity contribution in [2.75, 3.05) is 49.2 Å². The van der Waals surface area contributed by atoms with E-state index in [4.69, 9.17) is 38.0 Å². The number of hydrogen-bond donors (Lipinski definition) is 2. The molecule has 0 saturated carbocycles. The minimum atomic E-state index is -2.57. The summed E-state index contributed by atoms with van der Waals surface area (Å²) in [5.41, 5.74) is 12.3. The van der Waals surface area contributed by atoms with Crippen LogP contribution in [0, 0.1) is 0 Å². The fourth-order valence-electron chi connectivity index (χ4n) is 3.95. The molecule has 4 N–H and O–H groups in total. The maximum Gasteiger partial charge on any atom is 0.500 e. The molecule has 0 rings (SSSR count). The van der Waals surface area contributed by atoms with Crippen LogP contribution in [0.2, 0.25) is 12.1 Å². The molecule has 0 aliphatic carbocycles. The van der Waals surface area contributed by atoms with Crippen LogP contribution >= 0.6 is 0 Å². The van der Waals surface area contributed by atoms with Gasteiger partial charge in [0, 0.05) is 60.3 Å². The monoisotopic (exact) mass is 468 g/mol. The quantitative estimate of drug-likeness (QED) is 0.195. The van der Waals surface area contributed by atoms with E-state index in [-0.39, 0.29) is 5.54 Å². The first kappa shape index (κ1) is 30.1. The van der Waals surface area contributed by atoms with E-state index in [1.54, 1.807) is 42.7 Å². The third kappa shape index (κ3) is 11.1. The lowest BCUT2D eigenvalue weighted by Crippen LogP contribution is -2.45. The Morgan fingerprint density at radius 2 is 0.867 bits per heavy atom. The van der Waals surface area contributed by atoms with Crippen molar-refractivity contribution in [2.45, 2.75) is 81.8 Å². The number of rotatable bonds is 21. The predicted molar refractivity (Wildman–Crippen MR) is 125 cm³/mol. The van der Waals surface area contributed by atoms with Gasteiger partial charge in [-0.05, 0) is 45.1 Å². The van der Waals surface area contributed by atoms with Crippen molar-refractivity contribution in [3.05, 3.63) is 0 Å². The zero-order chi connectivity index (χ0) is 22.9. The SMILES string of the molecule is CO[Si](CCCC(N)(CCCCCCCN)CCC[Si](OC)(OC)OC)(OC)OC. The van der Waals surface area contributed by atoms with Crippen LogP contribution in [-0.4, -0.2) is 72.4 Å². The molecule has 0 aromatic heterocycles. The van der Waals surface area contributed by atoms with Crippen LogP contribution in [-0.2, 0) is 26.6 Å². The Bertz CT molecular complexity index is 370. The first-order valence-electron chi connectivity index (χ1n) is 11.1. The van der Waals surface area contributed by atoms with Crippen molar-refractivity contribution in [1.82, 2.24) is 0 Å². The molecule has 10 heteroatoms. The van der Waals surface area contributed by atoms with E-state index in [0.29, 0.717) is 0 Å². The van der Waals surface area contributed by atoms with Crippen molar-refractivity contribution >= 4 is 17.6 Å². The van der Waals surface area contributed by atoms with Crippen LogP contribution in [0.1, 0.15) is 64.2 Å². The van der Waals surface area contributed by atoms with E-state index in [9.17, 15) is 0 Å². The van der Waals surface area contributed by atoms with Crippen LogP contribution in [0.25, 0.3) is 0 Å². The van der Waals surface area contributed by atoms with Crippen molar-refractivity contribution in [3.63, 3.8) is 0 Å². The van der Waals surface area contributed by atoms with Gasteiger partial charge in [0.25, 0.3) is 0 Å². The van der Waals surface area contributed by atoms with Gasteiger partial charge >= 0.3 is 17.6 Å². The van der Waals surface area contributed by atoms with Gasteiger partial charge in [-0.15, -0.1) is 0 Å². The Morgan fingerprint density at radius 3 is 1.23 bits per heavy atom. The van der Waals surface area contributed by atoms with Gasteiger partial charge in [0.1, 0.15) is 0 Å². The lowest BCUT2D eigenvalue weighted by Gasteiger charge is -2.33. The molecule has 0 aliphatic rings. The summed E-state index contributed by atoms with van der Waals surface area (Å²) in [5.74, 6) is 0. The van der Waals surface area contributed by atoms with Gasteiger partial charge < -0.3 is 38.0 Å². The molecule has 0 amide bonds. The molecule has 0 fully saturated rings. The van der Waals surface area contributed by atoms with Crippen LogP contribution in [0.5, 0.6) is 0 Å². The van der Waals surface area contributed by atoms with E-state index in [1.807, 2.05) is 0 Å². The molecule has 30 heavy (non-hydrogen) atoms. The van der Waals surface area contributed by atoms with Crippen LogP contribution < -0.4 is 11.5 Å². The first-order valence-corrected chi connectivity index (χ1v) is 15.0. The summed E-state index contributed by atoms with van der Waals surface area (Å²) in [4.78, 5) is 0. The van der Waals surface area contributed by atoms with Crippen LogP contribution in [0.3, 0.4) is 0 Å². The maximum absolute atomic E-state index is 6.91. The van der Waals surface area contributed by atoms with E-state index in [2.05, 4.69) is 0 Å². The fraction of sp³-hybridized carbons (Fsp3) is 1.00. The molecule has 0 unspecified atom stereocenters. The smallest absolute Gasteiger partial charge is 0.377 e. The molecule has 0 aromatic rings. The highest BCUT2D eigenvalue weighted by atomic mass is 28.4. The summed E-state index contributed by atoms with van der Waals surface area (Å²) < 4.78 is 33.3. The topological polar surface area (TPSA) is 107 Å². The van der Waals surface area contributed by atoms with Crippen LogP contribution in [0.15, 0.2) is 0 Å². The van der Waals surface area contributed by atoms with Crippen LogP contribution in [0.4, 0.5) is 0 Å². The van der Waals surface area contributed by atoms with E-state index in [1.165, 1.54) is 19.3 Å². The summed E-state index contributed by atoms with van der Waals surface area (Å²) >= 11 is 0. The molecule has 0 saturated heterocycles. The maximum atomic E-state index is 6.91. The van der Waals surface area contributed by atoms with Gasteiger partial charge in [0.2, 0.25) is 0 Å². The highest BCUT2D eigenvalue weighted by molar-refractivity contribution is 6.60. The van der Waals surface area contributed by atoms with Gasteiger partial charge in [0.15, 0.2) is 0 Å². The minimum absolute atomic E-state index is 0.238. The van der Waals surface area contributed by atoms with Crippen molar-refractivity contribution in [1.29, 1.82) is 0 Å². The average molecular weight is 469 g/mol. The van der Waals surface area contributed by atoms with Gasteiger partial charge in [-0.25, -0.2) is 0 Å². The Balaban J connectivity index is 4.81. The second kappa shape index (κ2) is 16.7. The predicted octanol–water partition coefficient (Wildman–Crippen LogP) is 3.30. The highest BCUT2D eigenvalue weighted by Crippen LogP contribution is 2.29. The van der Waals surface area contributed by atoms with Crippen molar-refractivity contribution < 1.29 is 26.6 Å². The lowest BCUT2D eigenvalue weighted by atomic mass is 9.84. The number of hydrogen-bond acceptors (Lipinski definition) is 8. The van der Waals surface area contributed by atoms with Gasteiger partial charge in [-0.3, -0.25) is 0 Å². The van der Waals surface area contributed by atoms with Crippen molar-refractivity contribution in [2.24, 2.45) is 11.5 Å². The summed E-state index contributed by atoms with van der Waals surface area (Å²) in [6.45, 7) is 0.773. The second-order valence-corrected chi connectivity index (χ2v) is 14.1. The molecule has 0 aliphatic heterocycles. The Labute approximate surface area is 187 Å². The fourth-order valence-corrected chi connectivity index (χ4v) is 7.40. The number of nitrogens with two attached hydrogens (primary N) is 2. The normalized spacial score (nSPS) is 13.2. The molecular weight excluding hydrogens is 420 g/mol. The van der Waals surface area contributed by atoms with E-state index < -0.39 is 17.6 Å². The zero-order valence-corrected chi connectivity index (χ0v) is 22.3. The average Bonchev–Trinajstić information content (AvgIpc) is 2.77. The standard InChI is InChI=1S/C20H48N2O6Si2/c1-23-29(24-2,25-3)18-12-15-20(22,14-10-8-7-9-11-17-21)16-13-19-30(26-4,27-5)28-6/h7-19,21-22H2,1-6H3. The molecule has 0 atom stereocenters. The molecular formula is C20H48N2O6Si2. The molecule has 0 spiro atoms. The molecule has 8 nitrogen and oxygen atoms in total. The Hall–Kier alpha value is 0.114. The van der Waals surface area contributed by atoms with Crippen molar-refractivity contribution in [3.8, 4) is 0 Å². The van der Waals surface area contributed by atoms with Gasteiger partial charge in [-0.2, -0.15) is 0 Å². The highest BCUT2D eigenvalue weighted by Gasteiger charge is 2.40. The largest absolute Gasteiger partial charge is 0.500 e. The summed E-state index contributed by atoms with van der Waals surface area (Å²) in [6, 6.07) is 1.53. The molecule has 0 radical (unpaired) electrons. The summed E-state index contributed by atoms with van der Waals surface area (Å²) in [7, 11) is 4.78. The number of unbranched alkanes of at least 4 members (excludes halogenated alkanes) is 4. The molecule has 0 bridgehead atoms. The molecule has 0 aromatic carbocycles. The van der Waals surface area contributed by atoms with Gasteiger partial charge in [-0.1, -0.05) is 25.7 Å². The van der Waals surface area contributed by atoms with Gasteiger partial charge in [0.05, 0.1) is 0 Å². The molecule has 182 valence electrons. The Morgan fingerprint density at radius 1 is 0.533 bits per heavy atom. The Kier molecular flexibility index (Phi) is 16.8. The first-order chi connectivity index (χ1) is 14.3. The second-order valence-electron chi connectivity index (χ2n) is 7.97. The summed E-state index contributed by atoms with van der Waals surface area (Å²) in [5, 5.41) is 0. The molecule has 0 heterocycles. The summed E-state index contributed by atoms with van der Waals surface area (Å²) in [6.07, 6.45) is 10.5. The third-order valence-electron chi connectivity index (χ3n) is 6.06. The zero-order valence-electron chi connectivity index (χ0n) is 20.3. The van der Waals surface area contributed by atoms with E-state index in [0.717, 1.165) is 63.6 Å². The third-order valence-corrected chi connectivity index (χ3v) is 11.7.